The molecule has 0 saturated carbocycles. The van der Waals surface area contributed by atoms with E-state index in [9.17, 15) is 0 Å². The molecule has 0 bridgehead atoms. The molecular formula is C12H10ClN3OS. The van der Waals surface area contributed by atoms with Crippen molar-refractivity contribution in [3.05, 3.63) is 35.1 Å². The van der Waals surface area contributed by atoms with Crippen molar-refractivity contribution in [1.82, 2.24) is 15.2 Å². The molecule has 0 radical (unpaired) electrons. The first kappa shape index (κ1) is 11.6. The van der Waals surface area contributed by atoms with Crippen LogP contribution in [0.2, 0.25) is 5.02 Å². The van der Waals surface area contributed by atoms with Crippen molar-refractivity contribution in [3.63, 3.8) is 0 Å². The highest BCUT2D eigenvalue weighted by atomic mass is 35.5. The van der Waals surface area contributed by atoms with Crippen LogP contribution in [0.1, 0.15) is 5.82 Å². The molecule has 0 atom stereocenters. The van der Waals surface area contributed by atoms with Crippen molar-refractivity contribution in [2.24, 2.45) is 0 Å². The number of benzene rings is 1. The van der Waals surface area contributed by atoms with Crippen molar-refractivity contribution in [1.29, 1.82) is 0 Å². The molecule has 2 heterocycles. The maximum Gasteiger partial charge on any atom is 0.192 e. The molecular weight excluding hydrogens is 270 g/mol. The van der Waals surface area contributed by atoms with Crippen LogP contribution >= 0.6 is 22.9 Å². The number of halogens is 1. The summed E-state index contributed by atoms with van der Waals surface area (Å²) >= 11 is 7.95. The minimum Gasteiger partial charge on any atom is -0.377 e. The number of hydrogen-bond acceptors (Lipinski definition) is 4. The van der Waals surface area contributed by atoms with Gasteiger partial charge in [-0.05, 0) is 6.07 Å². The normalized spacial score (nSPS) is 11.2. The standard InChI is InChI=1S/C12H10ClN3OS/c1-17-6-9-14-12(16-15-9)11-10(13)7-4-2-3-5-8(7)18-11/h2-5H,6H2,1H3,(H,14,15,16). The monoisotopic (exact) mass is 279 g/mol. The van der Waals surface area contributed by atoms with E-state index in [1.54, 1.807) is 18.4 Å². The van der Waals surface area contributed by atoms with Gasteiger partial charge in [-0.3, -0.25) is 5.10 Å². The van der Waals surface area contributed by atoms with Crippen molar-refractivity contribution in [2.75, 3.05) is 7.11 Å². The van der Waals surface area contributed by atoms with Gasteiger partial charge in [-0.1, -0.05) is 29.8 Å². The Labute approximate surface area is 113 Å². The van der Waals surface area contributed by atoms with Gasteiger partial charge in [0.25, 0.3) is 0 Å². The number of nitrogens with zero attached hydrogens (tertiary/aromatic N) is 2. The summed E-state index contributed by atoms with van der Waals surface area (Å²) in [6.45, 7) is 0.412. The van der Waals surface area contributed by atoms with Gasteiger partial charge in [-0.25, -0.2) is 4.98 Å². The number of aromatic nitrogens is 3. The molecule has 1 N–H and O–H groups in total. The molecule has 0 aliphatic heterocycles. The highest BCUT2D eigenvalue weighted by Crippen LogP contribution is 2.40. The molecule has 0 aliphatic rings. The number of rotatable bonds is 3. The Morgan fingerprint density at radius 1 is 1.39 bits per heavy atom. The zero-order chi connectivity index (χ0) is 12.5. The summed E-state index contributed by atoms with van der Waals surface area (Å²) in [6.07, 6.45) is 0. The maximum absolute atomic E-state index is 6.36. The summed E-state index contributed by atoms with van der Waals surface area (Å²) in [7, 11) is 1.62. The van der Waals surface area contributed by atoms with E-state index in [1.165, 1.54) is 0 Å². The van der Waals surface area contributed by atoms with Crippen LogP contribution < -0.4 is 0 Å². The lowest BCUT2D eigenvalue weighted by Gasteiger charge is -1.91. The summed E-state index contributed by atoms with van der Waals surface area (Å²) in [5.74, 6) is 1.31. The first-order valence-corrected chi connectivity index (χ1v) is 6.56. The van der Waals surface area contributed by atoms with Crippen molar-refractivity contribution >= 4 is 33.0 Å². The predicted molar refractivity (Wildman–Crippen MR) is 72.9 cm³/mol. The first-order valence-electron chi connectivity index (χ1n) is 5.37. The number of thiophene rings is 1. The minimum absolute atomic E-state index is 0.412. The van der Waals surface area contributed by atoms with Crippen molar-refractivity contribution in [2.45, 2.75) is 6.61 Å². The quantitative estimate of drug-likeness (QED) is 0.798. The van der Waals surface area contributed by atoms with Crippen LogP contribution in [0.25, 0.3) is 20.8 Å². The van der Waals surface area contributed by atoms with E-state index in [0.29, 0.717) is 23.3 Å². The third-order valence-corrected chi connectivity index (χ3v) is 4.22. The molecule has 1 aromatic carbocycles. The Kier molecular flexibility index (Phi) is 3.03. The second-order valence-corrected chi connectivity index (χ2v) is 5.21. The number of methoxy groups -OCH3 is 1. The Bertz CT molecular complexity index is 692. The second kappa shape index (κ2) is 4.68. The van der Waals surface area contributed by atoms with Crippen LogP contribution in [-0.4, -0.2) is 22.3 Å². The number of aromatic amines is 1. The van der Waals surface area contributed by atoms with Crippen LogP contribution in [0.4, 0.5) is 0 Å². The molecule has 0 aliphatic carbocycles. The minimum atomic E-state index is 0.412. The SMILES string of the molecule is COCc1nc(-c2sc3ccccc3c2Cl)n[nH]1. The average molecular weight is 280 g/mol. The topological polar surface area (TPSA) is 50.8 Å². The molecule has 0 spiro atoms. The van der Waals surface area contributed by atoms with Crippen molar-refractivity contribution in [3.8, 4) is 10.7 Å². The third kappa shape index (κ3) is 1.90. The summed E-state index contributed by atoms with van der Waals surface area (Å²) < 4.78 is 6.14. The molecule has 0 amide bonds. The number of ether oxygens (including phenoxy) is 1. The van der Waals surface area contributed by atoms with E-state index in [1.807, 2.05) is 24.3 Å². The average Bonchev–Trinajstić information content (AvgIpc) is 2.96. The third-order valence-electron chi connectivity index (χ3n) is 2.55. The zero-order valence-corrected chi connectivity index (χ0v) is 11.2. The fourth-order valence-electron chi connectivity index (χ4n) is 1.76. The maximum atomic E-state index is 6.36. The highest BCUT2D eigenvalue weighted by molar-refractivity contribution is 7.23. The van der Waals surface area contributed by atoms with E-state index in [2.05, 4.69) is 15.2 Å². The Hall–Kier alpha value is -1.43. The van der Waals surface area contributed by atoms with E-state index in [-0.39, 0.29) is 0 Å². The Balaban J connectivity index is 2.10. The molecule has 3 rings (SSSR count). The van der Waals surface area contributed by atoms with Gasteiger partial charge in [0, 0.05) is 17.2 Å². The molecule has 2 aromatic heterocycles. The first-order chi connectivity index (χ1) is 8.79. The number of fused-ring (bicyclic) bond motifs is 1. The van der Waals surface area contributed by atoms with Crippen LogP contribution in [0, 0.1) is 0 Å². The van der Waals surface area contributed by atoms with Gasteiger partial charge in [-0.15, -0.1) is 11.3 Å². The van der Waals surface area contributed by atoms with Crippen LogP contribution in [0.3, 0.4) is 0 Å². The Morgan fingerprint density at radius 3 is 3.00 bits per heavy atom. The van der Waals surface area contributed by atoms with Gasteiger partial charge in [0.15, 0.2) is 11.6 Å². The fraction of sp³-hybridized carbons (Fsp3) is 0.167. The molecule has 0 unspecified atom stereocenters. The van der Waals surface area contributed by atoms with Crippen LogP contribution in [-0.2, 0) is 11.3 Å². The van der Waals surface area contributed by atoms with Crippen molar-refractivity contribution < 1.29 is 4.74 Å². The van der Waals surface area contributed by atoms with Gasteiger partial charge in [0.2, 0.25) is 0 Å². The van der Waals surface area contributed by atoms with Crippen LogP contribution in [0.5, 0.6) is 0 Å². The molecule has 3 aromatic rings. The summed E-state index contributed by atoms with van der Waals surface area (Å²) in [5, 5.41) is 8.76. The summed E-state index contributed by atoms with van der Waals surface area (Å²) in [4.78, 5) is 5.25. The van der Waals surface area contributed by atoms with E-state index in [4.69, 9.17) is 16.3 Å². The molecule has 18 heavy (non-hydrogen) atoms. The number of H-pyrrole nitrogens is 1. The molecule has 0 saturated heterocycles. The van der Waals surface area contributed by atoms with Crippen LogP contribution in [0.15, 0.2) is 24.3 Å². The number of nitrogens with one attached hydrogen (secondary N) is 1. The summed E-state index contributed by atoms with van der Waals surface area (Å²) in [5.41, 5.74) is 0. The number of hydrogen-bond donors (Lipinski definition) is 1. The van der Waals surface area contributed by atoms with Gasteiger partial charge in [0.1, 0.15) is 6.61 Å². The highest BCUT2D eigenvalue weighted by Gasteiger charge is 2.15. The van der Waals surface area contributed by atoms with E-state index >= 15 is 0 Å². The smallest absolute Gasteiger partial charge is 0.192 e. The van der Waals surface area contributed by atoms with Gasteiger partial charge in [-0.2, -0.15) is 5.10 Å². The lowest BCUT2D eigenvalue weighted by molar-refractivity contribution is 0.178. The largest absolute Gasteiger partial charge is 0.377 e. The molecule has 4 nitrogen and oxygen atoms in total. The second-order valence-electron chi connectivity index (χ2n) is 3.78. The zero-order valence-electron chi connectivity index (χ0n) is 9.61. The molecule has 92 valence electrons. The van der Waals surface area contributed by atoms with Gasteiger partial charge >= 0.3 is 0 Å². The lowest BCUT2D eigenvalue weighted by atomic mass is 10.2. The van der Waals surface area contributed by atoms with Gasteiger partial charge in [0.05, 0.1) is 9.90 Å². The summed E-state index contributed by atoms with van der Waals surface area (Å²) in [6, 6.07) is 8.00. The fourth-order valence-corrected chi connectivity index (χ4v) is 3.21. The predicted octanol–water partition coefficient (Wildman–Crippen LogP) is 3.49. The molecule has 0 fully saturated rings. The van der Waals surface area contributed by atoms with E-state index in [0.717, 1.165) is 15.0 Å². The van der Waals surface area contributed by atoms with E-state index < -0.39 is 0 Å². The molecule has 6 heteroatoms. The Morgan fingerprint density at radius 2 is 2.22 bits per heavy atom. The van der Waals surface area contributed by atoms with Gasteiger partial charge < -0.3 is 4.74 Å². The lowest BCUT2D eigenvalue weighted by Crippen LogP contribution is -1.89.